The second kappa shape index (κ2) is 17.2. The van der Waals surface area contributed by atoms with Gasteiger partial charge in [-0.1, -0.05) is 26.8 Å². The third-order valence-electron chi connectivity index (χ3n) is 10.7. The summed E-state index contributed by atoms with van der Waals surface area (Å²) in [5.74, 6) is -1.51. The number of epoxide rings is 1. The zero-order valence-corrected chi connectivity index (χ0v) is 30.7. The van der Waals surface area contributed by atoms with E-state index >= 15 is 0 Å². The van der Waals surface area contributed by atoms with Crippen LogP contribution in [0.25, 0.3) is 0 Å². The molecular weight excluding hydrogens is 656 g/mol. The van der Waals surface area contributed by atoms with E-state index in [1.165, 1.54) is 27.2 Å². The number of aliphatic hydroxyl groups is 4. The molecule has 4 rings (SSSR count). The molecular formula is C36H58O14. The molecule has 3 fully saturated rings. The van der Waals surface area contributed by atoms with E-state index in [-0.39, 0.29) is 37.1 Å². The lowest BCUT2D eigenvalue weighted by atomic mass is 9.82. The van der Waals surface area contributed by atoms with E-state index < -0.39 is 97.0 Å². The molecule has 3 saturated heterocycles. The van der Waals surface area contributed by atoms with Gasteiger partial charge in [0.15, 0.2) is 18.7 Å². The Labute approximate surface area is 295 Å². The molecule has 0 aliphatic carbocycles. The Hall–Kier alpha value is -1.98. The first-order chi connectivity index (χ1) is 23.5. The molecule has 0 aromatic heterocycles. The quantitative estimate of drug-likeness (QED) is 0.210. The van der Waals surface area contributed by atoms with E-state index in [2.05, 4.69) is 0 Å². The van der Waals surface area contributed by atoms with Crippen molar-refractivity contribution in [3.05, 3.63) is 24.0 Å². The Morgan fingerprint density at radius 1 is 0.940 bits per heavy atom. The van der Waals surface area contributed by atoms with Gasteiger partial charge < -0.3 is 58.3 Å². The maximum absolute atomic E-state index is 13.3. The van der Waals surface area contributed by atoms with Crippen molar-refractivity contribution in [2.24, 2.45) is 23.7 Å². The van der Waals surface area contributed by atoms with E-state index in [4.69, 9.17) is 37.9 Å². The van der Waals surface area contributed by atoms with Crippen LogP contribution in [0.1, 0.15) is 67.7 Å². The van der Waals surface area contributed by atoms with Crippen molar-refractivity contribution in [1.82, 2.24) is 0 Å². The number of rotatable bonds is 8. The van der Waals surface area contributed by atoms with Gasteiger partial charge in [-0.2, -0.15) is 0 Å². The minimum atomic E-state index is -1.85. The molecule has 4 aliphatic heterocycles. The van der Waals surface area contributed by atoms with Crippen molar-refractivity contribution < 1.29 is 67.9 Å². The highest BCUT2D eigenvalue weighted by molar-refractivity contribution is 5.82. The fourth-order valence-corrected chi connectivity index (χ4v) is 7.39. The third kappa shape index (κ3) is 9.32. The lowest BCUT2D eigenvalue weighted by Crippen LogP contribution is -2.63. The number of allylic oxidation sites excluding steroid dienone is 1. The maximum Gasteiger partial charge on any atom is 0.330 e. The number of ketones is 1. The summed E-state index contributed by atoms with van der Waals surface area (Å²) >= 11 is 0. The van der Waals surface area contributed by atoms with E-state index in [0.717, 1.165) is 0 Å². The summed E-state index contributed by atoms with van der Waals surface area (Å²) in [6, 6.07) is 0. The van der Waals surface area contributed by atoms with Crippen LogP contribution in [0.2, 0.25) is 0 Å². The van der Waals surface area contributed by atoms with E-state index in [0.29, 0.717) is 12.2 Å². The van der Waals surface area contributed by atoms with Crippen LogP contribution in [-0.4, -0.2) is 132 Å². The number of hydrogen-bond donors (Lipinski definition) is 4. The topological polar surface area (TPSA) is 192 Å². The Bertz CT molecular complexity index is 1210. The molecule has 0 radical (unpaired) electrons. The van der Waals surface area contributed by atoms with Crippen molar-refractivity contribution in [3.8, 4) is 0 Å². The van der Waals surface area contributed by atoms with Gasteiger partial charge in [0.05, 0.1) is 36.9 Å². The summed E-state index contributed by atoms with van der Waals surface area (Å²) in [5, 5.41) is 43.0. The zero-order chi connectivity index (χ0) is 37.1. The van der Waals surface area contributed by atoms with Crippen LogP contribution >= 0.6 is 0 Å². The molecule has 0 saturated carbocycles. The van der Waals surface area contributed by atoms with Gasteiger partial charge in [0.25, 0.3) is 0 Å². The third-order valence-corrected chi connectivity index (χ3v) is 10.7. The van der Waals surface area contributed by atoms with Crippen LogP contribution in [0.4, 0.5) is 0 Å². The zero-order valence-electron chi connectivity index (χ0n) is 30.7. The monoisotopic (exact) mass is 714 g/mol. The summed E-state index contributed by atoms with van der Waals surface area (Å²) in [4.78, 5) is 26.5. The maximum atomic E-state index is 13.3. The van der Waals surface area contributed by atoms with Crippen LogP contribution in [0, 0.1) is 23.7 Å². The second-order valence-corrected chi connectivity index (χ2v) is 14.6. The number of fused-ring (bicyclic) bond motifs is 1. The van der Waals surface area contributed by atoms with Gasteiger partial charge in [-0.05, 0) is 46.1 Å². The Kier molecular flexibility index (Phi) is 14.1. The lowest BCUT2D eigenvalue weighted by molar-refractivity contribution is -0.322. The summed E-state index contributed by atoms with van der Waals surface area (Å²) < 4.78 is 47.1. The second-order valence-electron chi connectivity index (χ2n) is 14.6. The Balaban J connectivity index is 1.54. The first kappa shape index (κ1) is 40.8. The number of Topliss-reactive ketones (excluding diaryl/α,β-unsaturated/α-hetero) is 1. The molecule has 0 amide bonds. The smallest absolute Gasteiger partial charge is 0.330 e. The number of hydrogen-bond acceptors (Lipinski definition) is 14. The number of ether oxygens (including phenoxy) is 8. The van der Waals surface area contributed by atoms with E-state index in [1.54, 1.807) is 32.9 Å². The number of esters is 1. The first-order valence-corrected chi connectivity index (χ1v) is 17.7. The molecule has 0 spiro atoms. The average Bonchev–Trinajstić information content (AvgIpc) is 3.83. The van der Waals surface area contributed by atoms with Crippen molar-refractivity contribution >= 4 is 11.8 Å². The van der Waals surface area contributed by atoms with Crippen molar-refractivity contribution in [1.29, 1.82) is 0 Å². The minimum Gasteiger partial charge on any atom is -0.483 e. The minimum absolute atomic E-state index is 0.00247. The van der Waals surface area contributed by atoms with Gasteiger partial charge in [0.1, 0.15) is 47.7 Å². The molecule has 4 heterocycles. The number of cyclic esters (lactones) is 1. The standard InChI is InChI=1S/C36H58O14/c1-17-10-13-27(39)47-21(5)24(16-45-34-32(44-9)31(43-8)28(40)22(6)48-34)30-26(49-30)12-11-25(38)18(2)14-19(3)29(17)50-35-33(41)36(42,23(7)37)15-20(4)46-35/h10,12-13,17-24,28-35,37,40-42H,11,14-16H2,1-9H3/t17-,18+,19-,20?,21+,22+,23-,24?,28+,29+,30-,31+,32+,33-,34+,35?,36-/m0/s1. The average molecular weight is 715 g/mol. The molecule has 3 unspecified atom stereocenters. The molecule has 286 valence electrons. The Morgan fingerprint density at radius 2 is 1.62 bits per heavy atom. The molecule has 17 atom stereocenters. The normalized spacial score (nSPS) is 45.5. The van der Waals surface area contributed by atoms with Crippen LogP contribution in [0.3, 0.4) is 0 Å². The highest BCUT2D eigenvalue weighted by atomic mass is 16.7. The first-order valence-electron chi connectivity index (χ1n) is 17.7. The molecule has 14 heteroatoms. The fraction of sp³-hybridized carbons (Fsp3) is 0.833. The summed E-state index contributed by atoms with van der Waals surface area (Å²) in [6.07, 6.45) is -4.90. The largest absolute Gasteiger partial charge is 0.483 e. The summed E-state index contributed by atoms with van der Waals surface area (Å²) in [5.41, 5.74) is -1.85. The molecule has 0 aromatic rings. The molecule has 4 aliphatic rings. The molecule has 0 bridgehead atoms. The van der Waals surface area contributed by atoms with Gasteiger partial charge in [-0.3, -0.25) is 4.79 Å². The molecule has 4 N–H and O–H groups in total. The number of carbonyl (C=O) groups excluding carboxylic acids is 2. The van der Waals surface area contributed by atoms with Crippen LogP contribution < -0.4 is 0 Å². The fourth-order valence-electron chi connectivity index (χ4n) is 7.39. The van der Waals surface area contributed by atoms with Crippen LogP contribution in [0.5, 0.6) is 0 Å². The number of methoxy groups -OCH3 is 2. The summed E-state index contributed by atoms with van der Waals surface area (Å²) in [7, 11) is 2.95. The number of aliphatic hydroxyl groups excluding tert-OH is 3. The number of carbonyl (C=O) groups is 2. The highest BCUT2D eigenvalue weighted by Crippen LogP contribution is 2.39. The molecule has 50 heavy (non-hydrogen) atoms. The molecule has 0 aromatic carbocycles. The SMILES string of the molecule is CO[C@@H]1[C@H](O)[C@@H](C)O[C@@H](OCC2[C@@H]3OC3=CCC(=O)[C@H](C)C[C@H](C)[C@H](OC3OC(C)C[C@](O)([C@H](C)O)[C@H]3O)[C@@H](C)C=CC(=O)O[C@@H]2C)[C@@H]1OC. The van der Waals surface area contributed by atoms with Gasteiger partial charge >= 0.3 is 5.97 Å². The van der Waals surface area contributed by atoms with Crippen molar-refractivity contribution in [2.75, 3.05) is 20.8 Å². The van der Waals surface area contributed by atoms with Gasteiger partial charge in [-0.25, -0.2) is 4.79 Å². The molecule has 14 nitrogen and oxygen atoms in total. The lowest BCUT2D eigenvalue weighted by Gasteiger charge is -2.47. The van der Waals surface area contributed by atoms with Crippen LogP contribution in [0.15, 0.2) is 24.0 Å². The summed E-state index contributed by atoms with van der Waals surface area (Å²) in [6.45, 7) is 12.2. The van der Waals surface area contributed by atoms with Crippen LogP contribution in [-0.2, 0) is 47.5 Å². The van der Waals surface area contributed by atoms with E-state index in [1.807, 2.05) is 20.8 Å². The van der Waals surface area contributed by atoms with Crippen molar-refractivity contribution in [2.45, 2.75) is 147 Å². The highest BCUT2D eigenvalue weighted by Gasteiger charge is 2.52. The van der Waals surface area contributed by atoms with Gasteiger partial charge in [0, 0.05) is 45.0 Å². The Morgan fingerprint density at radius 3 is 2.26 bits per heavy atom. The van der Waals surface area contributed by atoms with Gasteiger partial charge in [0.2, 0.25) is 0 Å². The van der Waals surface area contributed by atoms with E-state index in [9.17, 15) is 30.0 Å². The van der Waals surface area contributed by atoms with Crippen molar-refractivity contribution in [3.63, 3.8) is 0 Å². The predicted octanol–water partition coefficient (Wildman–Crippen LogP) is 1.79. The predicted molar refractivity (Wildman–Crippen MR) is 177 cm³/mol. The van der Waals surface area contributed by atoms with Gasteiger partial charge in [-0.15, -0.1) is 0 Å².